The van der Waals surface area contributed by atoms with Crippen LogP contribution in [0.1, 0.15) is 53.6 Å². The Bertz CT molecular complexity index is 1230. The summed E-state index contributed by atoms with van der Waals surface area (Å²) in [7, 11) is -3.99. The second-order valence-electron chi connectivity index (χ2n) is 8.34. The van der Waals surface area contributed by atoms with Crippen LogP contribution in [0.3, 0.4) is 0 Å². The van der Waals surface area contributed by atoms with Crippen LogP contribution in [-0.2, 0) is 22.6 Å². The maximum atomic E-state index is 12.8. The van der Waals surface area contributed by atoms with Gasteiger partial charge in [0.05, 0.1) is 16.5 Å². The average Bonchev–Trinajstić information content (AvgIpc) is 2.84. The molecule has 1 saturated carbocycles. The van der Waals surface area contributed by atoms with E-state index in [1.165, 1.54) is 24.3 Å². The van der Waals surface area contributed by atoms with Crippen LogP contribution in [0.2, 0.25) is 0 Å². The summed E-state index contributed by atoms with van der Waals surface area (Å²) in [5, 5.41) is 13.8. The molecule has 0 aromatic heterocycles. The van der Waals surface area contributed by atoms with Crippen LogP contribution >= 0.6 is 0 Å². The van der Waals surface area contributed by atoms with Gasteiger partial charge < -0.3 is 5.32 Å². The molecule has 0 aliphatic heterocycles. The number of sulfonamides is 1. The number of aliphatic imine (C=N–C) groups is 1. The standard InChI is InChI=1S/C24H26F3N5O3S/c25-24(26,27)19-6-4-5-18(15-19)22(33)29-14-13-17-9-11-21(12-10-17)36(34,35)32-23(30-16-28)31-20-7-2-1-3-8-20/h4-6,9-12,15,20H,1-3,7-8,13-14H2,(H,29,33)(H2,30,31,32). The van der Waals surface area contributed by atoms with Crippen molar-refractivity contribution < 1.29 is 26.4 Å². The van der Waals surface area contributed by atoms with Gasteiger partial charge in [-0.3, -0.25) is 10.1 Å². The van der Waals surface area contributed by atoms with Crippen molar-refractivity contribution in [2.24, 2.45) is 4.99 Å². The fraction of sp³-hybridized carbons (Fsp3) is 0.375. The number of carbonyl (C=O) groups is 1. The molecule has 0 radical (unpaired) electrons. The van der Waals surface area contributed by atoms with E-state index in [4.69, 9.17) is 5.26 Å². The number of nitrogens with one attached hydrogen (secondary N) is 3. The van der Waals surface area contributed by atoms with Crippen molar-refractivity contribution in [2.75, 3.05) is 6.54 Å². The number of guanidine groups is 1. The molecule has 36 heavy (non-hydrogen) atoms. The van der Waals surface area contributed by atoms with Crippen molar-refractivity contribution in [3.63, 3.8) is 0 Å². The molecular formula is C24H26F3N5O3S. The number of hydrogen-bond acceptors (Lipinski definition) is 5. The van der Waals surface area contributed by atoms with Gasteiger partial charge in [-0.1, -0.05) is 37.5 Å². The quantitative estimate of drug-likeness (QED) is 0.222. The second-order valence-corrected chi connectivity index (χ2v) is 10.0. The normalized spacial score (nSPS) is 15.1. The summed E-state index contributed by atoms with van der Waals surface area (Å²) < 4.78 is 66.3. The van der Waals surface area contributed by atoms with E-state index in [1.54, 1.807) is 18.3 Å². The maximum absolute atomic E-state index is 12.8. The first-order valence-corrected chi connectivity index (χ1v) is 12.9. The summed E-state index contributed by atoms with van der Waals surface area (Å²) in [6.45, 7) is 0.143. The Labute approximate surface area is 207 Å². The van der Waals surface area contributed by atoms with Gasteiger partial charge >= 0.3 is 6.18 Å². The predicted octanol–water partition coefficient (Wildman–Crippen LogP) is 3.72. The van der Waals surface area contributed by atoms with Crippen molar-refractivity contribution in [3.05, 3.63) is 65.2 Å². The van der Waals surface area contributed by atoms with Gasteiger partial charge in [0.2, 0.25) is 5.96 Å². The van der Waals surface area contributed by atoms with E-state index in [1.807, 2.05) is 0 Å². The summed E-state index contributed by atoms with van der Waals surface area (Å²) >= 11 is 0. The molecule has 8 nitrogen and oxygen atoms in total. The Kier molecular flexibility index (Phi) is 8.93. The zero-order chi connectivity index (χ0) is 26.2. The Morgan fingerprint density at radius 1 is 1.08 bits per heavy atom. The van der Waals surface area contributed by atoms with E-state index in [9.17, 15) is 26.4 Å². The first kappa shape index (κ1) is 27.0. The molecule has 1 amide bonds. The lowest BCUT2D eigenvalue weighted by atomic mass is 9.96. The molecule has 3 rings (SSSR count). The summed E-state index contributed by atoms with van der Waals surface area (Å²) in [6.07, 6.45) is 2.27. The summed E-state index contributed by atoms with van der Waals surface area (Å²) in [4.78, 5) is 16.5. The molecule has 0 spiro atoms. The second kappa shape index (κ2) is 11.9. The number of nitriles is 1. The van der Waals surface area contributed by atoms with Crippen molar-refractivity contribution in [1.82, 2.24) is 15.4 Å². The van der Waals surface area contributed by atoms with Crippen LogP contribution in [0, 0.1) is 11.5 Å². The van der Waals surface area contributed by atoms with Crippen LogP contribution < -0.4 is 15.4 Å². The van der Waals surface area contributed by atoms with Crippen LogP contribution in [0.5, 0.6) is 0 Å². The third-order valence-corrected chi connectivity index (χ3v) is 7.03. The lowest BCUT2D eigenvalue weighted by Gasteiger charge is -2.19. The number of halogens is 3. The molecule has 0 bridgehead atoms. The highest BCUT2D eigenvalue weighted by Gasteiger charge is 2.30. The van der Waals surface area contributed by atoms with Crippen molar-refractivity contribution in [1.29, 1.82) is 5.26 Å². The number of alkyl halides is 3. The average molecular weight is 522 g/mol. The fourth-order valence-corrected chi connectivity index (χ4v) is 4.78. The van der Waals surface area contributed by atoms with Crippen molar-refractivity contribution >= 4 is 21.9 Å². The Morgan fingerprint density at radius 3 is 2.42 bits per heavy atom. The van der Waals surface area contributed by atoms with Gasteiger partial charge in [-0.2, -0.15) is 18.4 Å². The Morgan fingerprint density at radius 2 is 1.78 bits per heavy atom. The minimum Gasteiger partial charge on any atom is -0.352 e. The van der Waals surface area contributed by atoms with E-state index in [0.717, 1.165) is 44.2 Å². The van der Waals surface area contributed by atoms with E-state index in [-0.39, 0.29) is 29.0 Å². The van der Waals surface area contributed by atoms with Gasteiger partial charge in [0.25, 0.3) is 15.9 Å². The minimum absolute atomic E-state index is 0.0321. The molecule has 0 atom stereocenters. The van der Waals surface area contributed by atoms with Crippen LogP contribution in [0.4, 0.5) is 13.2 Å². The highest BCUT2D eigenvalue weighted by Crippen LogP contribution is 2.29. The van der Waals surface area contributed by atoms with Crippen LogP contribution in [-0.4, -0.2) is 32.9 Å². The zero-order valence-electron chi connectivity index (χ0n) is 19.3. The smallest absolute Gasteiger partial charge is 0.352 e. The molecule has 2 aromatic rings. The first-order valence-electron chi connectivity index (χ1n) is 11.4. The highest BCUT2D eigenvalue weighted by atomic mass is 32.2. The third-order valence-electron chi connectivity index (χ3n) is 5.68. The van der Waals surface area contributed by atoms with Gasteiger partial charge in [0.15, 0.2) is 6.19 Å². The van der Waals surface area contributed by atoms with E-state index >= 15 is 0 Å². The third kappa shape index (κ3) is 7.71. The van der Waals surface area contributed by atoms with Gasteiger partial charge in [0.1, 0.15) is 0 Å². The first-order chi connectivity index (χ1) is 17.1. The monoisotopic (exact) mass is 521 g/mol. The topological polar surface area (TPSA) is 123 Å². The molecule has 1 aliphatic carbocycles. The molecule has 0 unspecified atom stereocenters. The maximum Gasteiger partial charge on any atom is 0.416 e. The van der Waals surface area contributed by atoms with E-state index in [0.29, 0.717) is 12.0 Å². The summed E-state index contributed by atoms with van der Waals surface area (Å²) in [6, 6.07) is 10.0. The van der Waals surface area contributed by atoms with Gasteiger partial charge in [0, 0.05) is 12.1 Å². The molecule has 0 saturated heterocycles. The molecule has 2 aromatic carbocycles. The highest BCUT2D eigenvalue weighted by molar-refractivity contribution is 7.90. The zero-order valence-corrected chi connectivity index (χ0v) is 20.1. The lowest BCUT2D eigenvalue weighted by molar-refractivity contribution is -0.137. The summed E-state index contributed by atoms with van der Waals surface area (Å²) in [5.41, 5.74) is -0.295. The minimum atomic E-state index is -4.54. The largest absolute Gasteiger partial charge is 0.416 e. The number of nitrogens with zero attached hydrogens (tertiary/aromatic N) is 2. The number of hydrogen-bond donors (Lipinski definition) is 3. The molecule has 1 fully saturated rings. The van der Waals surface area contributed by atoms with Gasteiger partial charge in [-0.25, -0.2) is 18.1 Å². The summed E-state index contributed by atoms with van der Waals surface area (Å²) in [5.74, 6) is -0.759. The van der Waals surface area contributed by atoms with E-state index < -0.39 is 27.7 Å². The van der Waals surface area contributed by atoms with Crippen LogP contribution in [0.15, 0.2) is 58.4 Å². The van der Waals surface area contributed by atoms with Crippen LogP contribution in [0.25, 0.3) is 0 Å². The fourth-order valence-electron chi connectivity index (χ4n) is 3.81. The Balaban J connectivity index is 1.57. The number of benzene rings is 2. The molecule has 192 valence electrons. The molecular weight excluding hydrogens is 495 g/mol. The van der Waals surface area contributed by atoms with Gasteiger partial charge in [-0.05, 0) is 55.2 Å². The number of amides is 1. The number of rotatable bonds is 7. The van der Waals surface area contributed by atoms with Crippen molar-refractivity contribution in [2.45, 2.75) is 55.6 Å². The molecule has 0 heterocycles. The SMILES string of the molecule is N#CNC(=NC1CCCCC1)NS(=O)(=O)c1ccc(CCNC(=O)c2cccc(C(F)(F)F)c2)cc1. The molecule has 3 N–H and O–H groups in total. The molecule has 12 heteroatoms. The van der Waals surface area contributed by atoms with E-state index in [2.05, 4.69) is 20.3 Å². The lowest BCUT2D eigenvalue weighted by Crippen LogP contribution is -2.40. The Hall–Kier alpha value is -3.59. The van der Waals surface area contributed by atoms with Gasteiger partial charge in [-0.15, -0.1) is 0 Å². The predicted molar refractivity (Wildman–Crippen MR) is 127 cm³/mol. The number of carbonyl (C=O) groups excluding carboxylic acids is 1. The molecule has 1 aliphatic rings. The van der Waals surface area contributed by atoms with Crippen molar-refractivity contribution in [3.8, 4) is 6.19 Å².